The molecule has 2 aliphatic rings. The maximum atomic E-state index is 13.5. The second-order valence-electron chi connectivity index (χ2n) is 9.26. The third-order valence-corrected chi connectivity index (χ3v) is 7.00. The maximum Gasteiger partial charge on any atom is 0.257 e. The zero-order valence-corrected chi connectivity index (χ0v) is 20.4. The molecule has 4 rings (SSSR count). The van der Waals surface area contributed by atoms with Crippen molar-refractivity contribution in [2.75, 3.05) is 33.8 Å². The molecule has 1 unspecified atom stereocenters. The summed E-state index contributed by atoms with van der Waals surface area (Å²) in [6, 6.07) is 7.18. The van der Waals surface area contributed by atoms with E-state index >= 15 is 0 Å². The zero-order valence-electron chi connectivity index (χ0n) is 20.4. The average molecular weight is 485 g/mol. The number of carbonyl (C=O) groups excluding carboxylic acids is 2. The molecule has 2 aromatic rings. The van der Waals surface area contributed by atoms with E-state index in [0.717, 1.165) is 32.2 Å². The molecular weight excluding hydrogens is 451 g/mol. The van der Waals surface area contributed by atoms with E-state index in [0.29, 0.717) is 37.3 Å². The van der Waals surface area contributed by atoms with Crippen molar-refractivity contribution < 1.29 is 18.7 Å². The first-order valence-electron chi connectivity index (χ1n) is 12.2. The molecule has 2 aliphatic heterocycles. The summed E-state index contributed by atoms with van der Waals surface area (Å²) >= 11 is 0. The minimum absolute atomic E-state index is 0.0827. The van der Waals surface area contributed by atoms with E-state index in [1.807, 2.05) is 11.9 Å². The lowest BCUT2D eigenvalue weighted by molar-refractivity contribution is -0.136. The van der Waals surface area contributed by atoms with Crippen LogP contribution in [-0.2, 0) is 24.3 Å². The number of nitrogens with one attached hydrogen (secondary N) is 1. The van der Waals surface area contributed by atoms with E-state index in [4.69, 9.17) is 4.74 Å². The Balaban J connectivity index is 1.56. The van der Waals surface area contributed by atoms with Gasteiger partial charge >= 0.3 is 0 Å². The molecule has 9 heteroatoms. The number of fused-ring (bicyclic) bond motifs is 1. The number of pyridine rings is 1. The molecule has 0 radical (unpaired) electrons. The molecule has 0 saturated carbocycles. The van der Waals surface area contributed by atoms with Gasteiger partial charge in [-0.1, -0.05) is 25.0 Å². The standard InChI is InChI=1S/C26H33FN4O4/c1-29-11-5-3-4-9-21(29)26(34)30-12-10-20-24(22(35-2)16-23(32)31(20)14-13-30)25(33)28-17-18-7-6-8-19(27)15-18/h6-8,15-16,21H,3-5,9-14,17H2,1-2H3,(H,28,33). The van der Waals surface area contributed by atoms with Gasteiger partial charge in [0.15, 0.2) is 0 Å². The second kappa shape index (κ2) is 11.0. The fourth-order valence-corrected chi connectivity index (χ4v) is 5.07. The minimum Gasteiger partial charge on any atom is -0.496 e. The van der Waals surface area contributed by atoms with Gasteiger partial charge in [0.25, 0.3) is 11.5 Å². The average Bonchev–Trinajstić information content (AvgIpc) is 3.20. The van der Waals surface area contributed by atoms with Crippen LogP contribution in [0.2, 0.25) is 0 Å². The monoisotopic (exact) mass is 484 g/mol. The number of benzene rings is 1. The number of halogens is 1. The first-order valence-corrected chi connectivity index (χ1v) is 12.2. The van der Waals surface area contributed by atoms with Crippen molar-refractivity contribution in [1.29, 1.82) is 0 Å². The fourth-order valence-electron chi connectivity index (χ4n) is 5.07. The van der Waals surface area contributed by atoms with Crippen LogP contribution < -0.4 is 15.6 Å². The lowest BCUT2D eigenvalue weighted by Crippen LogP contribution is -2.48. The second-order valence-corrected chi connectivity index (χ2v) is 9.26. The van der Waals surface area contributed by atoms with E-state index in [1.54, 1.807) is 16.7 Å². The van der Waals surface area contributed by atoms with E-state index in [1.165, 1.54) is 25.3 Å². The molecule has 2 amide bonds. The third kappa shape index (κ3) is 5.56. The summed E-state index contributed by atoms with van der Waals surface area (Å²) in [7, 11) is 3.42. The van der Waals surface area contributed by atoms with Crippen molar-refractivity contribution in [3.8, 4) is 5.75 Å². The number of ether oxygens (including phenoxy) is 1. The molecule has 0 aliphatic carbocycles. The number of methoxy groups -OCH3 is 1. The lowest BCUT2D eigenvalue weighted by atomic mass is 10.1. The molecule has 1 aromatic heterocycles. The molecule has 1 atom stereocenters. The molecular formula is C26H33FN4O4. The van der Waals surface area contributed by atoms with Gasteiger partial charge in [0, 0.05) is 44.4 Å². The van der Waals surface area contributed by atoms with Gasteiger partial charge in [-0.25, -0.2) is 4.39 Å². The summed E-state index contributed by atoms with van der Waals surface area (Å²) in [5.41, 5.74) is 1.19. The predicted molar refractivity (Wildman–Crippen MR) is 130 cm³/mol. The van der Waals surface area contributed by atoms with Crippen LogP contribution in [0.15, 0.2) is 35.1 Å². The van der Waals surface area contributed by atoms with Crippen LogP contribution in [-0.4, -0.2) is 66.0 Å². The van der Waals surface area contributed by atoms with Crippen LogP contribution in [0.25, 0.3) is 0 Å². The molecule has 8 nitrogen and oxygen atoms in total. The van der Waals surface area contributed by atoms with Crippen LogP contribution in [0.1, 0.15) is 47.3 Å². The molecule has 1 saturated heterocycles. The Hall–Kier alpha value is -3.20. The van der Waals surface area contributed by atoms with Crippen molar-refractivity contribution in [2.24, 2.45) is 0 Å². The quantitative estimate of drug-likeness (QED) is 0.704. The topological polar surface area (TPSA) is 83.9 Å². The van der Waals surface area contributed by atoms with Gasteiger partial charge in [-0.05, 0) is 44.1 Å². The lowest BCUT2D eigenvalue weighted by Gasteiger charge is -2.30. The smallest absolute Gasteiger partial charge is 0.257 e. The Morgan fingerprint density at radius 3 is 2.71 bits per heavy atom. The van der Waals surface area contributed by atoms with E-state index in [9.17, 15) is 18.8 Å². The molecule has 35 heavy (non-hydrogen) atoms. The number of rotatable bonds is 5. The highest BCUT2D eigenvalue weighted by Gasteiger charge is 2.31. The zero-order chi connectivity index (χ0) is 24.9. The number of likely N-dealkylation sites (tertiary alicyclic amines) is 1. The summed E-state index contributed by atoms with van der Waals surface area (Å²) in [6.07, 6.45) is 4.44. The summed E-state index contributed by atoms with van der Waals surface area (Å²) in [5, 5.41) is 2.82. The van der Waals surface area contributed by atoms with Crippen molar-refractivity contribution in [1.82, 2.24) is 19.7 Å². The van der Waals surface area contributed by atoms with Crippen LogP contribution in [0, 0.1) is 5.82 Å². The highest BCUT2D eigenvalue weighted by Crippen LogP contribution is 2.24. The predicted octanol–water partition coefficient (Wildman–Crippen LogP) is 2.19. The highest BCUT2D eigenvalue weighted by molar-refractivity contribution is 5.98. The summed E-state index contributed by atoms with van der Waals surface area (Å²) in [4.78, 5) is 43.4. The van der Waals surface area contributed by atoms with Gasteiger partial charge in [0.05, 0.1) is 13.2 Å². The van der Waals surface area contributed by atoms with Crippen LogP contribution in [0.4, 0.5) is 4.39 Å². The Labute approximate surface area is 204 Å². The first kappa shape index (κ1) is 24.9. The number of carbonyl (C=O) groups is 2. The fraction of sp³-hybridized carbons (Fsp3) is 0.500. The highest BCUT2D eigenvalue weighted by atomic mass is 19.1. The summed E-state index contributed by atoms with van der Waals surface area (Å²) in [5.74, 6) is -0.503. The van der Waals surface area contributed by atoms with Gasteiger partial charge in [0.2, 0.25) is 5.91 Å². The van der Waals surface area contributed by atoms with Gasteiger partial charge in [0.1, 0.15) is 17.1 Å². The van der Waals surface area contributed by atoms with Crippen LogP contribution in [0.5, 0.6) is 5.75 Å². The molecule has 0 spiro atoms. The Kier molecular flexibility index (Phi) is 7.85. The maximum absolute atomic E-state index is 13.5. The van der Waals surface area contributed by atoms with Crippen molar-refractivity contribution in [3.63, 3.8) is 0 Å². The van der Waals surface area contributed by atoms with E-state index in [-0.39, 0.29) is 41.2 Å². The minimum atomic E-state index is -0.405. The van der Waals surface area contributed by atoms with Crippen molar-refractivity contribution in [3.05, 3.63) is 63.3 Å². The number of nitrogens with zero attached hydrogens (tertiary/aromatic N) is 3. The van der Waals surface area contributed by atoms with Crippen molar-refractivity contribution >= 4 is 11.8 Å². The van der Waals surface area contributed by atoms with Crippen LogP contribution in [0.3, 0.4) is 0 Å². The third-order valence-electron chi connectivity index (χ3n) is 7.00. The molecule has 188 valence electrons. The van der Waals surface area contributed by atoms with Gasteiger partial charge in [-0.15, -0.1) is 0 Å². The molecule has 1 N–H and O–H groups in total. The number of amides is 2. The Morgan fingerprint density at radius 1 is 1.11 bits per heavy atom. The first-order chi connectivity index (χ1) is 16.9. The molecule has 0 bridgehead atoms. The SMILES string of the molecule is COc1cc(=O)n2c(c1C(=O)NCc1cccc(F)c1)CCN(C(=O)C1CCCCCN1C)CC2. The van der Waals surface area contributed by atoms with Gasteiger partial charge < -0.3 is 19.5 Å². The van der Waals surface area contributed by atoms with Crippen LogP contribution >= 0.6 is 0 Å². The summed E-state index contributed by atoms with van der Waals surface area (Å²) in [6.45, 7) is 2.17. The number of hydrogen-bond donors (Lipinski definition) is 1. The Morgan fingerprint density at radius 2 is 1.94 bits per heavy atom. The summed E-state index contributed by atoms with van der Waals surface area (Å²) < 4.78 is 20.5. The number of likely N-dealkylation sites (N-methyl/N-ethyl adjacent to an activating group) is 1. The largest absolute Gasteiger partial charge is 0.496 e. The number of aromatic nitrogens is 1. The van der Waals surface area contributed by atoms with Crippen molar-refractivity contribution in [2.45, 2.75) is 51.2 Å². The van der Waals surface area contributed by atoms with Gasteiger partial charge in [-0.2, -0.15) is 0 Å². The Bertz CT molecular complexity index is 1150. The van der Waals surface area contributed by atoms with E-state index in [2.05, 4.69) is 10.2 Å². The molecule has 1 aromatic carbocycles. The molecule has 3 heterocycles. The van der Waals surface area contributed by atoms with Gasteiger partial charge in [-0.3, -0.25) is 19.3 Å². The molecule has 1 fully saturated rings. The van der Waals surface area contributed by atoms with E-state index < -0.39 is 5.91 Å². The number of hydrogen-bond acceptors (Lipinski definition) is 5. The normalized spacial score (nSPS) is 18.8.